The molecule has 2 N–H and O–H groups in total. The fourth-order valence-corrected chi connectivity index (χ4v) is 0. The van der Waals surface area contributed by atoms with Gasteiger partial charge in [-0.1, -0.05) is 0 Å². The molecule has 0 aliphatic rings. The Morgan fingerprint density at radius 1 is 0.385 bits per heavy atom. The Kier molecular flexibility index (Phi) is 448. The molecule has 0 fully saturated rings. The molecule has 0 atom stereocenters. The molecule has 0 amide bonds. The van der Waals surface area contributed by atoms with Crippen LogP contribution in [-0.4, -0.2) is 6.67 Å². The standard InChI is InChI=1S/CH4N2.10Y/c2-1-3;;;;;;;;;;/h2-3H,1H2;;;;;;;;;;/q-2;;;;;;;;;;. The van der Waals surface area contributed by atoms with Crippen LogP contribution < -0.4 is 0 Å². The van der Waals surface area contributed by atoms with Crippen molar-refractivity contribution < 1.29 is 327 Å². The monoisotopic (exact) mass is 933 g/mol. The SMILES string of the molecule is [NH-]C[NH-].[Y].[Y].[Y].[Y].[Y].[Y].[Y].[Y].[Y].[Y]. The predicted molar refractivity (Wildman–Crippen MR) is 13.5 cm³/mol. The Bertz CT molecular complexity index is 12.9. The van der Waals surface area contributed by atoms with Gasteiger partial charge in [-0.3, -0.25) is 6.67 Å². The summed E-state index contributed by atoms with van der Waals surface area (Å²) < 4.78 is 0. The van der Waals surface area contributed by atoms with Crippen molar-refractivity contribution in [1.29, 1.82) is 0 Å². The van der Waals surface area contributed by atoms with Crippen molar-refractivity contribution in [2.45, 2.75) is 0 Å². The van der Waals surface area contributed by atoms with Crippen LogP contribution in [0.15, 0.2) is 0 Å². The Labute approximate surface area is 333 Å². The molecule has 2 nitrogen and oxygen atoms in total. The summed E-state index contributed by atoms with van der Waals surface area (Å²) in [5, 5.41) is 0. The summed E-state index contributed by atoms with van der Waals surface area (Å²) in [6, 6.07) is 0. The Balaban J connectivity index is -0.000000000444. The van der Waals surface area contributed by atoms with E-state index in [9.17, 15) is 0 Å². The van der Waals surface area contributed by atoms with Gasteiger partial charge in [0.1, 0.15) is 0 Å². The molecule has 0 aromatic heterocycles. The van der Waals surface area contributed by atoms with Crippen LogP contribution in [0.1, 0.15) is 0 Å². The smallest absolute Gasteiger partial charge is 0 e. The van der Waals surface area contributed by atoms with Gasteiger partial charge in [0, 0.05) is 327 Å². The third kappa shape index (κ3) is 84.0. The summed E-state index contributed by atoms with van der Waals surface area (Å²) in [5.74, 6) is 0. The molecule has 0 bridgehead atoms. The van der Waals surface area contributed by atoms with Crippen LogP contribution in [0.25, 0.3) is 11.5 Å². The second-order valence-corrected chi connectivity index (χ2v) is 0.177. The van der Waals surface area contributed by atoms with Crippen molar-refractivity contribution in [2.24, 2.45) is 0 Å². The Hall–Kier alpha value is 11.0. The topological polar surface area (TPSA) is 47.6 Å². The summed E-state index contributed by atoms with van der Waals surface area (Å²) in [4.78, 5) is 0. The first-order valence-electron chi connectivity index (χ1n) is 0.707. The fraction of sp³-hybridized carbons (Fsp3) is 1.00. The van der Waals surface area contributed by atoms with E-state index in [1.165, 1.54) is 0 Å². The van der Waals surface area contributed by atoms with Gasteiger partial charge < -0.3 is 11.5 Å². The van der Waals surface area contributed by atoms with Gasteiger partial charge in [-0.15, -0.1) is 0 Å². The van der Waals surface area contributed by atoms with E-state index in [-0.39, 0.29) is 334 Å². The van der Waals surface area contributed by atoms with Crippen LogP contribution in [0, 0.1) is 0 Å². The van der Waals surface area contributed by atoms with E-state index < -0.39 is 0 Å². The minimum atomic E-state index is -0.250. The first kappa shape index (κ1) is 75.2. The summed E-state index contributed by atoms with van der Waals surface area (Å²) in [5.41, 5.74) is 11.8. The molecular formula is CH4N2Y10-2. The van der Waals surface area contributed by atoms with Crippen LogP contribution >= 0.6 is 0 Å². The normalized spacial score (nSPS) is 1.38. The van der Waals surface area contributed by atoms with E-state index in [0.29, 0.717) is 0 Å². The summed E-state index contributed by atoms with van der Waals surface area (Å²) in [6.07, 6.45) is 0. The number of rotatable bonds is 0. The van der Waals surface area contributed by atoms with Crippen molar-refractivity contribution in [3.8, 4) is 0 Å². The molecule has 0 saturated carbocycles. The van der Waals surface area contributed by atoms with Gasteiger partial charge in [-0.05, 0) is 0 Å². The van der Waals surface area contributed by atoms with Crippen LogP contribution in [0.3, 0.4) is 0 Å². The van der Waals surface area contributed by atoms with Crippen LogP contribution in [0.2, 0.25) is 0 Å². The minimum Gasteiger partial charge on any atom is -0.696 e. The molecule has 0 aromatic rings. The average Bonchev–Trinajstić information content (AvgIpc) is 0.918. The zero-order valence-electron chi connectivity index (χ0n) is 7.48. The average molecular weight is 933 g/mol. The predicted octanol–water partition coefficient (Wildman–Crippen LogP) is 1.02. The van der Waals surface area contributed by atoms with Crippen LogP contribution in [0.4, 0.5) is 0 Å². The van der Waals surface area contributed by atoms with Crippen molar-refractivity contribution in [1.82, 2.24) is 0 Å². The summed E-state index contributed by atoms with van der Waals surface area (Å²) in [6.45, 7) is -0.250. The van der Waals surface area contributed by atoms with Crippen molar-refractivity contribution in [3.05, 3.63) is 11.5 Å². The molecule has 0 saturated heterocycles. The van der Waals surface area contributed by atoms with E-state index in [2.05, 4.69) is 0 Å². The van der Waals surface area contributed by atoms with Crippen molar-refractivity contribution in [3.63, 3.8) is 0 Å². The minimum absolute atomic E-state index is 0. The van der Waals surface area contributed by atoms with E-state index in [0.717, 1.165) is 0 Å². The molecule has 0 spiro atoms. The van der Waals surface area contributed by atoms with E-state index in [4.69, 9.17) is 11.5 Å². The van der Waals surface area contributed by atoms with Gasteiger partial charge in [-0.25, -0.2) is 0 Å². The van der Waals surface area contributed by atoms with Gasteiger partial charge in [-0.2, -0.15) is 0 Å². The van der Waals surface area contributed by atoms with Crippen LogP contribution in [-0.2, 0) is 327 Å². The van der Waals surface area contributed by atoms with Crippen molar-refractivity contribution in [2.75, 3.05) is 6.67 Å². The Morgan fingerprint density at radius 3 is 0.385 bits per heavy atom. The molecule has 0 aromatic carbocycles. The zero-order chi connectivity index (χ0) is 2.71. The molecular weight excluding hydrogens is 929 g/mol. The molecule has 13 heavy (non-hydrogen) atoms. The second-order valence-electron chi connectivity index (χ2n) is 0.177. The molecule has 50 valence electrons. The molecule has 0 heterocycles. The fourth-order valence-electron chi connectivity index (χ4n) is 0. The largest absolute Gasteiger partial charge is 0.696 e. The molecule has 0 aliphatic heterocycles. The Morgan fingerprint density at radius 2 is 0.385 bits per heavy atom. The zero-order valence-corrected chi connectivity index (χ0v) is 35.9. The molecule has 0 rings (SSSR count). The van der Waals surface area contributed by atoms with Gasteiger partial charge >= 0.3 is 0 Å². The number of nitrogens with one attached hydrogen (secondary N) is 2. The molecule has 0 unspecified atom stereocenters. The van der Waals surface area contributed by atoms with Crippen molar-refractivity contribution >= 4 is 0 Å². The number of hydrogen-bond donors (Lipinski definition) is 0. The van der Waals surface area contributed by atoms with E-state index in [1.54, 1.807) is 0 Å². The molecule has 0 aliphatic carbocycles. The van der Waals surface area contributed by atoms with Gasteiger partial charge in [0.2, 0.25) is 0 Å². The maximum absolute atomic E-state index is 5.88. The first-order chi connectivity index (χ1) is 1.41. The maximum atomic E-state index is 5.88. The first-order valence-corrected chi connectivity index (χ1v) is 0.707. The van der Waals surface area contributed by atoms with Gasteiger partial charge in [0.05, 0.1) is 0 Å². The van der Waals surface area contributed by atoms with E-state index in [1.807, 2.05) is 0 Å². The third-order valence-corrected chi connectivity index (χ3v) is 0. The number of hydrogen-bond acceptors (Lipinski definition) is 0. The quantitative estimate of drug-likeness (QED) is 0.349. The maximum Gasteiger partial charge on any atom is 0 e. The summed E-state index contributed by atoms with van der Waals surface area (Å²) in [7, 11) is 0. The van der Waals surface area contributed by atoms with Gasteiger partial charge in [0.15, 0.2) is 0 Å². The molecule has 12 heteroatoms. The van der Waals surface area contributed by atoms with E-state index >= 15 is 0 Å². The summed E-state index contributed by atoms with van der Waals surface area (Å²) >= 11 is 0. The van der Waals surface area contributed by atoms with Gasteiger partial charge in [0.25, 0.3) is 0 Å². The van der Waals surface area contributed by atoms with Crippen LogP contribution in [0.5, 0.6) is 0 Å². The molecule has 10 radical (unpaired) electrons. The second kappa shape index (κ2) is 77.4. The third-order valence-electron chi connectivity index (χ3n) is 0.